The Morgan fingerprint density at radius 3 is 1.67 bits per heavy atom. The molecule has 82 valence electrons. The number of aliphatic hydroxyl groups is 2. The molecule has 2 rings (SSSR count). The SMILES string of the molecule is OCc1cc2c(cc1CO)CCCCC2. The number of aliphatic hydroxyl groups excluding tert-OH is 2. The van der Waals surface area contributed by atoms with Gasteiger partial charge in [-0.05, 0) is 47.9 Å². The van der Waals surface area contributed by atoms with Gasteiger partial charge in [0.2, 0.25) is 0 Å². The molecule has 2 heteroatoms. The van der Waals surface area contributed by atoms with Gasteiger partial charge in [-0.2, -0.15) is 0 Å². The molecule has 1 aromatic rings. The molecule has 0 aromatic heterocycles. The minimum Gasteiger partial charge on any atom is -0.392 e. The van der Waals surface area contributed by atoms with Gasteiger partial charge < -0.3 is 10.2 Å². The molecule has 0 spiro atoms. The molecule has 0 atom stereocenters. The summed E-state index contributed by atoms with van der Waals surface area (Å²) in [5.74, 6) is 0. The smallest absolute Gasteiger partial charge is 0.0685 e. The molecule has 0 aliphatic heterocycles. The van der Waals surface area contributed by atoms with E-state index in [0.29, 0.717) is 0 Å². The Bertz CT molecular complexity index is 312. The number of aryl methyl sites for hydroxylation is 2. The van der Waals surface area contributed by atoms with Crippen LogP contribution in [0, 0.1) is 0 Å². The minimum atomic E-state index is 0.0309. The second-order valence-electron chi connectivity index (χ2n) is 4.27. The Balaban J connectivity index is 2.41. The van der Waals surface area contributed by atoms with Crippen molar-refractivity contribution in [1.82, 2.24) is 0 Å². The Kier molecular flexibility index (Phi) is 3.39. The van der Waals surface area contributed by atoms with Gasteiger partial charge in [0.05, 0.1) is 13.2 Å². The van der Waals surface area contributed by atoms with E-state index in [-0.39, 0.29) is 13.2 Å². The Hall–Kier alpha value is -0.860. The van der Waals surface area contributed by atoms with E-state index in [1.165, 1.54) is 30.4 Å². The zero-order valence-corrected chi connectivity index (χ0v) is 9.00. The molecular formula is C13H18O2. The molecule has 2 N–H and O–H groups in total. The summed E-state index contributed by atoms with van der Waals surface area (Å²) in [6, 6.07) is 4.15. The van der Waals surface area contributed by atoms with E-state index in [1.54, 1.807) is 0 Å². The standard InChI is InChI=1S/C13H18O2/c14-8-12-6-10-4-2-1-3-5-11(10)7-13(12)9-15/h6-7,14-15H,1-5,8-9H2. The van der Waals surface area contributed by atoms with E-state index in [9.17, 15) is 10.2 Å². The summed E-state index contributed by atoms with van der Waals surface area (Å²) in [4.78, 5) is 0. The monoisotopic (exact) mass is 206 g/mol. The van der Waals surface area contributed by atoms with Gasteiger partial charge in [-0.1, -0.05) is 18.6 Å². The van der Waals surface area contributed by atoms with E-state index in [2.05, 4.69) is 12.1 Å². The van der Waals surface area contributed by atoms with Crippen LogP contribution in [0.5, 0.6) is 0 Å². The molecule has 1 aliphatic rings. The van der Waals surface area contributed by atoms with E-state index >= 15 is 0 Å². The average molecular weight is 206 g/mol. The highest BCUT2D eigenvalue weighted by molar-refractivity contribution is 5.38. The molecule has 0 radical (unpaired) electrons. The van der Waals surface area contributed by atoms with Gasteiger partial charge in [-0.25, -0.2) is 0 Å². The lowest BCUT2D eigenvalue weighted by Crippen LogP contribution is -2.00. The second kappa shape index (κ2) is 4.77. The first kappa shape index (κ1) is 10.7. The summed E-state index contributed by atoms with van der Waals surface area (Å²) in [7, 11) is 0. The first-order chi connectivity index (χ1) is 7.35. The third kappa shape index (κ3) is 2.21. The van der Waals surface area contributed by atoms with Gasteiger partial charge in [0.15, 0.2) is 0 Å². The summed E-state index contributed by atoms with van der Waals surface area (Å²) in [5.41, 5.74) is 4.51. The second-order valence-corrected chi connectivity index (χ2v) is 4.27. The summed E-state index contributed by atoms with van der Waals surface area (Å²) in [6.07, 6.45) is 6.02. The molecule has 0 unspecified atom stereocenters. The maximum atomic E-state index is 9.21. The van der Waals surface area contributed by atoms with Crippen molar-refractivity contribution >= 4 is 0 Å². The fourth-order valence-electron chi connectivity index (χ4n) is 2.36. The van der Waals surface area contributed by atoms with Crippen molar-refractivity contribution in [2.24, 2.45) is 0 Å². The molecular weight excluding hydrogens is 188 g/mol. The van der Waals surface area contributed by atoms with Gasteiger partial charge in [-0.15, -0.1) is 0 Å². The fourth-order valence-corrected chi connectivity index (χ4v) is 2.36. The fraction of sp³-hybridized carbons (Fsp3) is 0.538. The predicted molar refractivity (Wildman–Crippen MR) is 59.5 cm³/mol. The van der Waals surface area contributed by atoms with Crippen molar-refractivity contribution in [2.75, 3.05) is 0 Å². The lowest BCUT2D eigenvalue weighted by Gasteiger charge is -2.12. The summed E-state index contributed by atoms with van der Waals surface area (Å²) < 4.78 is 0. The van der Waals surface area contributed by atoms with Crippen LogP contribution in [-0.4, -0.2) is 10.2 Å². The highest BCUT2D eigenvalue weighted by atomic mass is 16.3. The van der Waals surface area contributed by atoms with Crippen molar-refractivity contribution in [1.29, 1.82) is 0 Å². The number of rotatable bonds is 2. The van der Waals surface area contributed by atoms with Crippen LogP contribution >= 0.6 is 0 Å². The van der Waals surface area contributed by atoms with Crippen LogP contribution in [0.1, 0.15) is 41.5 Å². The van der Waals surface area contributed by atoms with Crippen molar-refractivity contribution < 1.29 is 10.2 Å². The maximum absolute atomic E-state index is 9.21. The number of hydrogen-bond donors (Lipinski definition) is 2. The van der Waals surface area contributed by atoms with E-state index < -0.39 is 0 Å². The van der Waals surface area contributed by atoms with E-state index in [0.717, 1.165) is 24.0 Å². The van der Waals surface area contributed by atoms with Crippen LogP contribution in [0.15, 0.2) is 12.1 Å². The van der Waals surface area contributed by atoms with Crippen LogP contribution in [0.3, 0.4) is 0 Å². The lowest BCUT2D eigenvalue weighted by atomic mass is 9.96. The lowest BCUT2D eigenvalue weighted by molar-refractivity contribution is 0.260. The molecule has 0 bridgehead atoms. The van der Waals surface area contributed by atoms with Crippen LogP contribution in [0.4, 0.5) is 0 Å². The molecule has 1 aromatic carbocycles. The van der Waals surface area contributed by atoms with Gasteiger partial charge >= 0.3 is 0 Å². The largest absolute Gasteiger partial charge is 0.392 e. The third-order valence-electron chi connectivity index (χ3n) is 3.25. The molecule has 0 amide bonds. The summed E-state index contributed by atoms with van der Waals surface area (Å²) in [5, 5.41) is 18.4. The summed E-state index contributed by atoms with van der Waals surface area (Å²) in [6.45, 7) is 0.0619. The molecule has 1 aliphatic carbocycles. The van der Waals surface area contributed by atoms with E-state index in [4.69, 9.17) is 0 Å². The van der Waals surface area contributed by atoms with Crippen LogP contribution in [0.25, 0.3) is 0 Å². The highest BCUT2D eigenvalue weighted by Crippen LogP contribution is 2.24. The van der Waals surface area contributed by atoms with Crippen molar-refractivity contribution in [3.63, 3.8) is 0 Å². The van der Waals surface area contributed by atoms with Crippen molar-refractivity contribution in [3.05, 3.63) is 34.4 Å². The minimum absolute atomic E-state index is 0.0309. The number of fused-ring (bicyclic) bond motifs is 1. The quantitative estimate of drug-likeness (QED) is 0.726. The van der Waals surface area contributed by atoms with Crippen LogP contribution in [0.2, 0.25) is 0 Å². The highest BCUT2D eigenvalue weighted by Gasteiger charge is 2.11. The molecule has 0 saturated carbocycles. The normalized spacial score (nSPS) is 15.9. The van der Waals surface area contributed by atoms with Gasteiger partial charge in [0.25, 0.3) is 0 Å². The third-order valence-corrected chi connectivity index (χ3v) is 3.25. The van der Waals surface area contributed by atoms with Crippen LogP contribution in [-0.2, 0) is 26.1 Å². The summed E-state index contributed by atoms with van der Waals surface area (Å²) >= 11 is 0. The topological polar surface area (TPSA) is 40.5 Å². The predicted octanol–water partition coefficient (Wildman–Crippen LogP) is 1.94. The number of hydrogen-bond acceptors (Lipinski definition) is 2. The molecule has 0 fully saturated rings. The Labute approximate surface area is 90.6 Å². The molecule has 0 heterocycles. The molecule has 15 heavy (non-hydrogen) atoms. The maximum Gasteiger partial charge on any atom is 0.0685 e. The Morgan fingerprint density at radius 1 is 0.800 bits per heavy atom. The first-order valence-corrected chi connectivity index (χ1v) is 5.70. The molecule has 0 saturated heterocycles. The van der Waals surface area contributed by atoms with Crippen LogP contribution < -0.4 is 0 Å². The van der Waals surface area contributed by atoms with Gasteiger partial charge in [-0.3, -0.25) is 0 Å². The van der Waals surface area contributed by atoms with E-state index in [1.807, 2.05) is 0 Å². The molecule has 2 nitrogen and oxygen atoms in total. The number of benzene rings is 1. The van der Waals surface area contributed by atoms with Gasteiger partial charge in [0.1, 0.15) is 0 Å². The zero-order chi connectivity index (χ0) is 10.7. The average Bonchev–Trinajstić information content (AvgIpc) is 2.51. The van der Waals surface area contributed by atoms with Crippen molar-refractivity contribution in [3.8, 4) is 0 Å². The zero-order valence-electron chi connectivity index (χ0n) is 9.00. The van der Waals surface area contributed by atoms with Crippen molar-refractivity contribution in [2.45, 2.75) is 45.3 Å². The van der Waals surface area contributed by atoms with Gasteiger partial charge in [0, 0.05) is 0 Å². The first-order valence-electron chi connectivity index (χ1n) is 5.70. The Morgan fingerprint density at radius 2 is 1.27 bits per heavy atom.